The predicted octanol–water partition coefficient (Wildman–Crippen LogP) is 5.81. The molecule has 0 saturated carbocycles. The third kappa shape index (κ3) is 4.15. The zero-order valence-corrected chi connectivity index (χ0v) is 19.9. The maximum absolute atomic E-state index is 13.7. The SMILES string of the molecule is COc1ccccc1CC(=O)C1=C(O)C(=O)N(c2nc3ccc(Cl)cc3s2)C1c1ccc(F)cc1. The van der Waals surface area contributed by atoms with Crippen LogP contribution in [0.2, 0.25) is 5.02 Å². The summed E-state index contributed by atoms with van der Waals surface area (Å²) in [6.07, 6.45) is -0.0995. The van der Waals surface area contributed by atoms with Gasteiger partial charge in [-0.15, -0.1) is 0 Å². The van der Waals surface area contributed by atoms with Crippen LogP contribution in [0.15, 0.2) is 78.1 Å². The number of methoxy groups -OCH3 is 1. The van der Waals surface area contributed by atoms with E-state index in [9.17, 15) is 19.1 Å². The van der Waals surface area contributed by atoms with Crippen LogP contribution in [-0.2, 0) is 16.0 Å². The number of amides is 1. The van der Waals surface area contributed by atoms with Gasteiger partial charge in [0.25, 0.3) is 5.91 Å². The number of aromatic nitrogens is 1. The third-order valence-corrected chi connectivity index (χ3v) is 7.04. The van der Waals surface area contributed by atoms with Crippen molar-refractivity contribution in [3.8, 4) is 5.75 Å². The van der Waals surface area contributed by atoms with Crippen molar-refractivity contribution in [2.75, 3.05) is 12.0 Å². The van der Waals surface area contributed by atoms with Crippen molar-refractivity contribution in [1.82, 2.24) is 4.98 Å². The van der Waals surface area contributed by atoms with Gasteiger partial charge in [0.1, 0.15) is 11.6 Å². The molecule has 1 N–H and O–H groups in total. The van der Waals surface area contributed by atoms with Crippen molar-refractivity contribution in [2.45, 2.75) is 12.5 Å². The van der Waals surface area contributed by atoms with E-state index in [1.807, 2.05) is 0 Å². The number of Topliss-reactive ketones (excluding diaryl/α,β-unsaturated/α-hetero) is 1. The molecule has 0 fully saturated rings. The number of hydrogen-bond donors (Lipinski definition) is 1. The molecule has 2 heterocycles. The van der Waals surface area contributed by atoms with Crippen LogP contribution in [0.1, 0.15) is 17.2 Å². The van der Waals surface area contributed by atoms with Gasteiger partial charge in [-0.2, -0.15) is 0 Å². The highest BCUT2D eigenvalue weighted by Gasteiger charge is 2.45. The molecule has 3 aromatic carbocycles. The fraction of sp³-hybridized carbons (Fsp3) is 0.115. The van der Waals surface area contributed by atoms with E-state index < -0.39 is 29.3 Å². The minimum absolute atomic E-state index is 0.0789. The number of ketones is 1. The van der Waals surface area contributed by atoms with E-state index >= 15 is 0 Å². The monoisotopic (exact) mass is 508 g/mol. The molecule has 1 aromatic heterocycles. The molecule has 1 unspecified atom stereocenters. The first-order valence-corrected chi connectivity index (χ1v) is 11.8. The number of aliphatic hydroxyl groups is 1. The van der Waals surface area contributed by atoms with E-state index in [4.69, 9.17) is 16.3 Å². The number of benzene rings is 3. The molecular formula is C26H18ClFN2O4S. The molecule has 6 nitrogen and oxygen atoms in total. The molecule has 0 saturated heterocycles. The summed E-state index contributed by atoms with van der Waals surface area (Å²) in [5, 5.41) is 11.7. The lowest BCUT2D eigenvalue weighted by atomic mass is 9.93. The number of nitrogens with zero attached hydrogens (tertiary/aromatic N) is 2. The minimum Gasteiger partial charge on any atom is -0.503 e. The van der Waals surface area contributed by atoms with Gasteiger partial charge in [-0.3, -0.25) is 14.5 Å². The standard InChI is InChI=1S/C26H18ClFN2O4S/c1-34-20-5-3-2-4-15(20)12-19(31)22-23(14-6-9-17(28)10-7-14)30(25(33)24(22)32)26-29-18-11-8-16(27)13-21(18)35-26/h2-11,13,23,32H,12H2,1H3. The van der Waals surface area contributed by atoms with Gasteiger partial charge in [-0.25, -0.2) is 9.37 Å². The highest BCUT2D eigenvalue weighted by atomic mass is 35.5. The number of hydrogen-bond acceptors (Lipinski definition) is 6. The number of aliphatic hydroxyl groups excluding tert-OH is 1. The second kappa shape index (κ2) is 9.13. The van der Waals surface area contributed by atoms with Gasteiger partial charge in [-0.05, 0) is 42.0 Å². The van der Waals surface area contributed by atoms with E-state index in [-0.39, 0.29) is 17.1 Å². The lowest BCUT2D eigenvalue weighted by Crippen LogP contribution is -2.31. The number of anilines is 1. The molecule has 1 atom stereocenters. The smallest absolute Gasteiger partial charge is 0.296 e. The number of carbonyl (C=O) groups is 2. The molecule has 4 aromatic rings. The molecule has 1 aliphatic heterocycles. The Morgan fingerprint density at radius 3 is 2.66 bits per heavy atom. The summed E-state index contributed by atoms with van der Waals surface area (Å²) < 4.78 is 19.8. The average molecular weight is 509 g/mol. The van der Waals surface area contributed by atoms with Gasteiger partial charge in [0.15, 0.2) is 16.7 Å². The Hall–Kier alpha value is -3.75. The number of fused-ring (bicyclic) bond motifs is 1. The van der Waals surface area contributed by atoms with E-state index in [0.717, 1.165) is 4.70 Å². The Labute approximate surface area is 208 Å². The summed E-state index contributed by atoms with van der Waals surface area (Å²) in [6, 6.07) is 16.6. The lowest BCUT2D eigenvalue weighted by molar-refractivity contribution is -0.117. The summed E-state index contributed by atoms with van der Waals surface area (Å²) in [4.78, 5) is 32.6. The van der Waals surface area contributed by atoms with Crippen LogP contribution >= 0.6 is 22.9 Å². The molecule has 9 heteroatoms. The molecule has 1 amide bonds. The maximum Gasteiger partial charge on any atom is 0.296 e. The quantitative estimate of drug-likeness (QED) is 0.355. The van der Waals surface area contributed by atoms with Gasteiger partial charge in [0, 0.05) is 17.0 Å². The molecule has 0 aliphatic carbocycles. The van der Waals surface area contributed by atoms with E-state index in [0.29, 0.717) is 27.4 Å². The number of para-hydroxylation sites is 1. The topological polar surface area (TPSA) is 79.7 Å². The number of thiazole rings is 1. The zero-order valence-electron chi connectivity index (χ0n) is 18.4. The first-order valence-electron chi connectivity index (χ1n) is 10.6. The summed E-state index contributed by atoms with van der Waals surface area (Å²) in [6.45, 7) is 0. The molecule has 1 aliphatic rings. The Balaban J connectivity index is 1.61. The molecule has 0 spiro atoms. The molecule has 0 radical (unpaired) electrons. The van der Waals surface area contributed by atoms with E-state index in [2.05, 4.69) is 4.98 Å². The number of carbonyl (C=O) groups excluding carboxylic acids is 2. The number of halogens is 2. The normalized spacial score (nSPS) is 15.8. The van der Waals surface area contributed by atoms with Gasteiger partial charge in [-0.1, -0.05) is 53.3 Å². The zero-order chi connectivity index (χ0) is 24.7. The van der Waals surface area contributed by atoms with Gasteiger partial charge < -0.3 is 9.84 Å². The first kappa shape index (κ1) is 23.0. The van der Waals surface area contributed by atoms with Crippen LogP contribution in [-0.4, -0.2) is 28.9 Å². The van der Waals surface area contributed by atoms with Crippen LogP contribution in [0.25, 0.3) is 10.2 Å². The molecular weight excluding hydrogens is 491 g/mol. The van der Waals surface area contributed by atoms with Crippen molar-refractivity contribution in [2.24, 2.45) is 0 Å². The summed E-state index contributed by atoms with van der Waals surface area (Å²) in [5.41, 5.74) is 1.61. The molecule has 35 heavy (non-hydrogen) atoms. The van der Waals surface area contributed by atoms with Crippen LogP contribution in [0.5, 0.6) is 5.75 Å². The Kier molecular flexibility index (Phi) is 6.00. The van der Waals surface area contributed by atoms with Gasteiger partial charge >= 0.3 is 0 Å². The molecule has 5 rings (SSSR count). The minimum atomic E-state index is -0.985. The van der Waals surface area contributed by atoms with Crippen molar-refractivity contribution in [3.05, 3.63) is 100 Å². The van der Waals surface area contributed by atoms with Crippen molar-refractivity contribution in [3.63, 3.8) is 0 Å². The fourth-order valence-corrected chi connectivity index (χ4v) is 5.42. The van der Waals surface area contributed by atoms with Gasteiger partial charge in [0.2, 0.25) is 0 Å². The second-order valence-corrected chi connectivity index (χ2v) is 9.36. The van der Waals surface area contributed by atoms with E-state index in [1.54, 1.807) is 42.5 Å². The Bertz CT molecular complexity index is 1500. The lowest BCUT2D eigenvalue weighted by Gasteiger charge is -2.24. The van der Waals surface area contributed by atoms with Crippen LogP contribution in [0, 0.1) is 5.82 Å². The fourth-order valence-electron chi connectivity index (χ4n) is 4.15. The first-order chi connectivity index (χ1) is 16.9. The number of ether oxygens (including phenoxy) is 1. The van der Waals surface area contributed by atoms with Crippen molar-refractivity contribution in [1.29, 1.82) is 0 Å². The maximum atomic E-state index is 13.7. The van der Waals surface area contributed by atoms with Crippen LogP contribution in [0.4, 0.5) is 9.52 Å². The number of rotatable bonds is 6. The third-order valence-electron chi connectivity index (χ3n) is 5.78. The highest BCUT2D eigenvalue weighted by Crippen LogP contribution is 2.44. The van der Waals surface area contributed by atoms with Crippen LogP contribution < -0.4 is 9.64 Å². The van der Waals surface area contributed by atoms with Crippen molar-refractivity contribution >= 4 is 50.0 Å². The van der Waals surface area contributed by atoms with E-state index in [1.165, 1.54) is 47.6 Å². The summed E-state index contributed by atoms with van der Waals surface area (Å²) >= 11 is 7.31. The second-order valence-electron chi connectivity index (χ2n) is 7.91. The predicted molar refractivity (Wildman–Crippen MR) is 133 cm³/mol. The molecule has 176 valence electrons. The summed E-state index contributed by atoms with van der Waals surface area (Å²) in [7, 11) is 1.50. The Morgan fingerprint density at radius 1 is 1.17 bits per heavy atom. The molecule has 0 bridgehead atoms. The van der Waals surface area contributed by atoms with Crippen LogP contribution in [0.3, 0.4) is 0 Å². The van der Waals surface area contributed by atoms with Crippen molar-refractivity contribution < 1.29 is 23.8 Å². The largest absolute Gasteiger partial charge is 0.503 e. The average Bonchev–Trinajstić information content (AvgIpc) is 3.37. The Morgan fingerprint density at radius 2 is 1.91 bits per heavy atom. The highest BCUT2D eigenvalue weighted by molar-refractivity contribution is 7.22. The summed E-state index contributed by atoms with van der Waals surface area (Å²) in [5.74, 6) is -1.82. The van der Waals surface area contributed by atoms with Gasteiger partial charge in [0.05, 0.1) is 28.9 Å².